The Morgan fingerprint density at radius 2 is 2.18 bits per heavy atom. The zero-order valence-corrected chi connectivity index (χ0v) is 10.7. The molecule has 0 bridgehead atoms. The molecule has 1 aliphatic carbocycles. The van der Waals surface area contributed by atoms with Crippen molar-refractivity contribution in [1.29, 1.82) is 0 Å². The van der Waals surface area contributed by atoms with Crippen LogP contribution in [0.25, 0.3) is 0 Å². The fourth-order valence-electron chi connectivity index (χ4n) is 2.24. The van der Waals surface area contributed by atoms with Gasteiger partial charge in [0.05, 0.1) is 11.6 Å². The highest BCUT2D eigenvalue weighted by atomic mass is 16.4. The highest BCUT2D eigenvalue weighted by Gasteiger charge is 2.27. The minimum Gasteiger partial charge on any atom is -0.481 e. The van der Waals surface area contributed by atoms with Gasteiger partial charge >= 0.3 is 5.97 Å². The maximum atomic E-state index is 11.0. The summed E-state index contributed by atoms with van der Waals surface area (Å²) in [6.07, 6.45) is 2.10. The topological polar surface area (TPSA) is 66.0 Å². The first kappa shape index (κ1) is 12.1. The fourth-order valence-corrected chi connectivity index (χ4v) is 2.24. The number of nitrogens with one attached hydrogen (secondary N) is 1. The second-order valence-corrected chi connectivity index (χ2v) is 5.36. The number of aromatic amines is 1. The van der Waals surface area contributed by atoms with Crippen LogP contribution in [0.3, 0.4) is 0 Å². The van der Waals surface area contributed by atoms with E-state index in [-0.39, 0.29) is 5.92 Å². The van der Waals surface area contributed by atoms with E-state index >= 15 is 0 Å². The largest absolute Gasteiger partial charge is 0.481 e. The molecule has 0 amide bonds. The molecule has 0 radical (unpaired) electrons. The number of H-pyrrole nitrogens is 1. The third kappa shape index (κ3) is 2.35. The normalized spacial score (nSPS) is 21.3. The van der Waals surface area contributed by atoms with Gasteiger partial charge < -0.3 is 10.1 Å². The van der Waals surface area contributed by atoms with Crippen molar-refractivity contribution in [1.82, 2.24) is 9.97 Å². The number of carboxylic acids is 1. The molecule has 94 valence electrons. The molecule has 2 unspecified atom stereocenters. The zero-order chi connectivity index (χ0) is 12.6. The average Bonchev–Trinajstić information content (AvgIpc) is 2.69. The van der Waals surface area contributed by atoms with Crippen molar-refractivity contribution in [3.8, 4) is 0 Å². The van der Waals surface area contributed by atoms with E-state index in [0.717, 1.165) is 23.6 Å². The molecule has 1 aliphatic rings. The van der Waals surface area contributed by atoms with Crippen molar-refractivity contribution < 1.29 is 9.90 Å². The lowest BCUT2D eigenvalue weighted by atomic mass is 9.90. The minimum absolute atomic E-state index is 0.245. The van der Waals surface area contributed by atoms with E-state index in [0.29, 0.717) is 24.7 Å². The van der Waals surface area contributed by atoms with Crippen LogP contribution in [0, 0.1) is 11.8 Å². The van der Waals surface area contributed by atoms with Crippen LogP contribution in [-0.2, 0) is 17.6 Å². The Kier molecular flexibility index (Phi) is 3.22. The van der Waals surface area contributed by atoms with Crippen molar-refractivity contribution >= 4 is 5.97 Å². The van der Waals surface area contributed by atoms with Gasteiger partial charge in [-0.1, -0.05) is 20.8 Å². The number of carboxylic acid groups (broad SMARTS) is 1. The van der Waals surface area contributed by atoms with Gasteiger partial charge in [-0.05, 0) is 18.8 Å². The van der Waals surface area contributed by atoms with Crippen LogP contribution in [0.5, 0.6) is 0 Å². The summed E-state index contributed by atoms with van der Waals surface area (Å²) in [5.74, 6) is 1.01. The third-order valence-electron chi connectivity index (χ3n) is 3.84. The maximum absolute atomic E-state index is 11.0. The summed E-state index contributed by atoms with van der Waals surface area (Å²) in [6.45, 7) is 6.50. The molecule has 4 nitrogen and oxygen atoms in total. The first-order valence-electron chi connectivity index (χ1n) is 6.29. The molecule has 0 saturated heterocycles. The van der Waals surface area contributed by atoms with Crippen LogP contribution in [0.1, 0.15) is 50.3 Å². The van der Waals surface area contributed by atoms with E-state index in [1.165, 1.54) is 0 Å². The van der Waals surface area contributed by atoms with E-state index in [4.69, 9.17) is 5.11 Å². The Labute approximate surface area is 101 Å². The molecule has 0 saturated carbocycles. The summed E-state index contributed by atoms with van der Waals surface area (Å²) in [7, 11) is 0. The number of carbonyl (C=O) groups is 1. The van der Waals surface area contributed by atoms with Crippen LogP contribution in [-0.4, -0.2) is 21.0 Å². The van der Waals surface area contributed by atoms with Gasteiger partial charge in [0.1, 0.15) is 5.82 Å². The molecular formula is C13H20N2O2. The second-order valence-electron chi connectivity index (χ2n) is 5.36. The van der Waals surface area contributed by atoms with Gasteiger partial charge in [0.25, 0.3) is 0 Å². The van der Waals surface area contributed by atoms with Crippen molar-refractivity contribution in [2.24, 2.45) is 11.8 Å². The van der Waals surface area contributed by atoms with E-state index < -0.39 is 5.97 Å². The van der Waals surface area contributed by atoms with Gasteiger partial charge in [-0.25, -0.2) is 4.98 Å². The summed E-state index contributed by atoms with van der Waals surface area (Å²) >= 11 is 0. The second kappa shape index (κ2) is 4.51. The third-order valence-corrected chi connectivity index (χ3v) is 3.84. The van der Waals surface area contributed by atoms with Crippen LogP contribution in [0.15, 0.2) is 0 Å². The molecule has 1 heterocycles. The maximum Gasteiger partial charge on any atom is 0.306 e. The number of hydrogen-bond donors (Lipinski definition) is 2. The number of nitrogens with zero attached hydrogens (tertiary/aromatic N) is 1. The lowest BCUT2D eigenvalue weighted by molar-refractivity contribution is -0.142. The number of aliphatic carboxylic acids is 1. The number of aromatic nitrogens is 2. The van der Waals surface area contributed by atoms with E-state index in [1.54, 1.807) is 0 Å². The Hall–Kier alpha value is -1.32. The summed E-state index contributed by atoms with van der Waals surface area (Å²) in [5.41, 5.74) is 2.11. The number of aryl methyl sites for hydroxylation is 1. The molecule has 0 aromatic carbocycles. The lowest BCUT2D eigenvalue weighted by Gasteiger charge is -2.16. The van der Waals surface area contributed by atoms with Crippen LogP contribution < -0.4 is 0 Å². The minimum atomic E-state index is -0.691. The smallest absolute Gasteiger partial charge is 0.306 e. The van der Waals surface area contributed by atoms with Gasteiger partial charge in [-0.15, -0.1) is 0 Å². The first-order chi connectivity index (χ1) is 7.99. The lowest BCUT2D eigenvalue weighted by Crippen LogP contribution is -2.22. The van der Waals surface area contributed by atoms with Crippen molar-refractivity contribution in [3.05, 3.63) is 17.2 Å². The molecule has 2 atom stereocenters. The van der Waals surface area contributed by atoms with Gasteiger partial charge in [0, 0.05) is 18.0 Å². The van der Waals surface area contributed by atoms with E-state index in [2.05, 4.69) is 30.7 Å². The SMILES string of the molecule is CC(C)C(C)c1nc2c([nH]1)CC(C(=O)O)CC2. The van der Waals surface area contributed by atoms with E-state index in [9.17, 15) is 4.79 Å². The number of hydrogen-bond acceptors (Lipinski definition) is 2. The van der Waals surface area contributed by atoms with Crippen LogP contribution >= 0.6 is 0 Å². The van der Waals surface area contributed by atoms with Gasteiger partial charge in [0.2, 0.25) is 0 Å². The Balaban J connectivity index is 2.20. The summed E-state index contributed by atoms with van der Waals surface area (Å²) in [5, 5.41) is 9.03. The number of fused-ring (bicyclic) bond motifs is 1. The molecule has 0 spiro atoms. The predicted octanol–water partition coefficient (Wildman–Crippen LogP) is 2.36. The molecule has 2 rings (SSSR count). The summed E-state index contributed by atoms with van der Waals surface area (Å²) < 4.78 is 0. The molecule has 17 heavy (non-hydrogen) atoms. The highest BCUT2D eigenvalue weighted by molar-refractivity contribution is 5.70. The Morgan fingerprint density at radius 1 is 1.47 bits per heavy atom. The average molecular weight is 236 g/mol. The quantitative estimate of drug-likeness (QED) is 0.846. The standard InChI is InChI=1S/C13H20N2O2/c1-7(2)8(3)12-14-10-5-4-9(13(16)17)6-11(10)15-12/h7-9H,4-6H2,1-3H3,(H,14,15)(H,16,17). The van der Waals surface area contributed by atoms with E-state index in [1.807, 2.05) is 0 Å². The molecule has 4 heteroatoms. The summed E-state index contributed by atoms with van der Waals surface area (Å²) in [6, 6.07) is 0. The summed E-state index contributed by atoms with van der Waals surface area (Å²) in [4.78, 5) is 18.9. The monoisotopic (exact) mass is 236 g/mol. The number of imidazole rings is 1. The molecule has 1 aromatic heterocycles. The predicted molar refractivity (Wildman–Crippen MR) is 65.0 cm³/mol. The molecule has 1 aromatic rings. The van der Waals surface area contributed by atoms with Gasteiger partial charge in [0.15, 0.2) is 0 Å². The van der Waals surface area contributed by atoms with Crippen LogP contribution in [0.4, 0.5) is 0 Å². The zero-order valence-electron chi connectivity index (χ0n) is 10.7. The molecule has 2 N–H and O–H groups in total. The number of rotatable bonds is 3. The van der Waals surface area contributed by atoms with Crippen molar-refractivity contribution in [3.63, 3.8) is 0 Å². The molecule has 0 aliphatic heterocycles. The first-order valence-corrected chi connectivity index (χ1v) is 6.29. The van der Waals surface area contributed by atoms with Crippen molar-refractivity contribution in [2.45, 2.75) is 46.0 Å². The molecular weight excluding hydrogens is 216 g/mol. The highest BCUT2D eigenvalue weighted by Crippen LogP contribution is 2.28. The van der Waals surface area contributed by atoms with Gasteiger partial charge in [-0.3, -0.25) is 4.79 Å². The Bertz CT molecular complexity index is 423. The van der Waals surface area contributed by atoms with Crippen LogP contribution in [0.2, 0.25) is 0 Å². The van der Waals surface area contributed by atoms with Gasteiger partial charge in [-0.2, -0.15) is 0 Å². The Morgan fingerprint density at radius 3 is 2.76 bits per heavy atom. The fraction of sp³-hybridized carbons (Fsp3) is 0.692. The van der Waals surface area contributed by atoms with Crippen molar-refractivity contribution in [2.75, 3.05) is 0 Å². The molecule has 0 fully saturated rings.